The average molecular weight is 290 g/mol. The van der Waals surface area contributed by atoms with Crippen molar-refractivity contribution in [3.8, 4) is 0 Å². The molecule has 0 aliphatic rings. The predicted molar refractivity (Wildman–Crippen MR) is 91.5 cm³/mol. The van der Waals surface area contributed by atoms with Gasteiger partial charge in [0.2, 0.25) is 0 Å². The zero-order valence-corrected chi connectivity index (χ0v) is 13.9. The smallest absolute Gasteiger partial charge is 0.0480 e. The van der Waals surface area contributed by atoms with E-state index in [9.17, 15) is 0 Å². The Hall–Kier alpha value is -0.930. The van der Waals surface area contributed by atoms with E-state index < -0.39 is 0 Å². The molecule has 0 bridgehead atoms. The summed E-state index contributed by atoms with van der Waals surface area (Å²) in [4.78, 5) is 0. The SMILES string of the molecule is CCSCCn1ccc2cc(CNC(C)(C)C)ccc21. The number of benzene rings is 1. The summed E-state index contributed by atoms with van der Waals surface area (Å²) < 4.78 is 2.36. The van der Waals surface area contributed by atoms with Crippen molar-refractivity contribution in [3.05, 3.63) is 36.0 Å². The first-order valence-electron chi connectivity index (χ1n) is 7.40. The molecule has 0 saturated heterocycles. The molecule has 0 aliphatic carbocycles. The topological polar surface area (TPSA) is 17.0 Å². The largest absolute Gasteiger partial charge is 0.347 e. The fraction of sp³-hybridized carbons (Fsp3) is 0.529. The number of aryl methyl sites for hydroxylation is 1. The van der Waals surface area contributed by atoms with Crippen molar-refractivity contribution in [3.63, 3.8) is 0 Å². The van der Waals surface area contributed by atoms with E-state index in [1.54, 1.807) is 0 Å². The highest BCUT2D eigenvalue weighted by molar-refractivity contribution is 7.99. The van der Waals surface area contributed by atoms with Crippen LogP contribution in [0.3, 0.4) is 0 Å². The van der Waals surface area contributed by atoms with Gasteiger partial charge in [-0.1, -0.05) is 13.0 Å². The Morgan fingerprint density at radius 2 is 2.00 bits per heavy atom. The fourth-order valence-corrected chi connectivity index (χ4v) is 2.84. The van der Waals surface area contributed by atoms with Crippen molar-refractivity contribution in [2.45, 2.75) is 46.3 Å². The molecule has 3 heteroatoms. The highest BCUT2D eigenvalue weighted by Gasteiger charge is 2.09. The van der Waals surface area contributed by atoms with Crippen molar-refractivity contribution in [2.75, 3.05) is 11.5 Å². The van der Waals surface area contributed by atoms with Gasteiger partial charge in [0.15, 0.2) is 0 Å². The number of aromatic nitrogens is 1. The van der Waals surface area contributed by atoms with Crippen molar-refractivity contribution >= 4 is 22.7 Å². The van der Waals surface area contributed by atoms with Gasteiger partial charge in [0.25, 0.3) is 0 Å². The molecule has 1 aromatic heterocycles. The molecule has 0 unspecified atom stereocenters. The van der Waals surface area contributed by atoms with Gasteiger partial charge in [-0.05, 0) is 55.7 Å². The Morgan fingerprint density at radius 1 is 1.20 bits per heavy atom. The molecule has 2 rings (SSSR count). The molecule has 1 heterocycles. The second-order valence-corrected chi connectivity index (χ2v) is 7.60. The van der Waals surface area contributed by atoms with Crippen LogP contribution in [0.1, 0.15) is 33.3 Å². The van der Waals surface area contributed by atoms with Gasteiger partial charge in [-0.3, -0.25) is 0 Å². The lowest BCUT2D eigenvalue weighted by Crippen LogP contribution is -2.35. The van der Waals surface area contributed by atoms with Crippen LogP contribution < -0.4 is 5.32 Å². The summed E-state index contributed by atoms with van der Waals surface area (Å²) in [5.74, 6) is 2.38. The normalized spacial score (nSPS) is 12.2. The Labute approximate surface area is 126 Å². The van der Waals surface area contributed by atoms with Gasteiger partial charge < -0.3 is 9.88 Å². The molecule has 2 nitrogen and oxygen atoms in total. The predicted octanol–water partition coefficient (Wildman–Crippen LogP) is 4.28. The summed E-state index contributed by atoms with van der Waals surface area (Å²) in [6.07, 6.45) is 2.21. The van der Waals surface area contributed by atoms with Gasteiger partial charge in [-0.15, -0.1) is 0 Å². The molecule has 0 saturated carbocycles. The molecular weight excluding hydrogens is 264 g/mol. The standard InChI is InChI=1S/C17H26N2S/c1-5-20-11-10-19-9-8-15-12-14(6-7-16(15)19)13-18-17(2,3)4/h6-9,12,18H,5,10-11,13H2,1-4H3. The second kappa shape index (κ2) is 6.68. The minimum atomic E-state index is 0.165. The van der Waals surface area contributed by atoms with Gasteiger partial charge in [0.1, 0.15) is 0 Å². The van der Waals surface area contributed by atoms with E-state index >= 15 is 0 Å². The van der Waals surface area contributed by atoms with E-state index in [0.29, 0.717) is 0 Å². The first-order chi connectivity index (χ1) is 9.49. The number of hydrogen-bond acceptors (Lipinski definition) is 2. The molecule has 110 valence electrons. The van der Waals surface area contributed by atoms with Gasteiger partial charge in [0.05, 0.1) is 0 Å². The van der Waals surface area contributed by atoms with Crippen LogP contribution in [0.25, 0.3) is 10.9 Å². The van der Waals surface area contributed by atoms with E-state index in [-0.39, 0.29) is 5.54 Å². The summed E-state index contributed by atoms with van der Waals surface area (Å²) in [6, 6.07) is 9.03. The molecule has 0 atom stereocenters. The van der Waals surface area contributed by atoms with Crippen LogP contribution in [0.15, 0.2) is 30.5 Å². The Morgan fingerprint density at radius 3 is 2.70 bits per heavy atom. The van der Waals surface area contributed by atoms with Gasteiger partial charge in [-0.2, -0.15) is 11.8 Å². The lowest BCUT2D eigenvalue weighted by molar-refractivity contribution is 0.424. The Balaban J connectivity index is 2.07. The third kappa shape index (κ3) is 4.29. The highest BCUT2D eigenvalue weighted by Crippen LogP contribution is 2.19. The summed E-state index contributed by atoms with van der Waals surface area (Å²) in [5, 5.41) is 4.89. The van der Waals surface area contributed by atoms with E-state index in [1.165, 1.54) is 28.0 Å². The molecule has 0 fully saturated rings. The first-order valence-corrected chi connectivity index (χ1v) is 8.55. The van der Waals surface area contributed by atoms with Crippen molar-refractivity contribution in [2.24, 2.45) is 0 Å². The second-order valence-electron chi connectivity index (χ2n) is 6.20. The lowest BCUT2D eigenvalue weighted by Gasteiger charge is -2.20. The number of fused-ring (bicyclic) bond motifs is 1. The molecule has 20 heavy (non-hydrogen) atoms. The zero-order chi connectivity index (χ0) is 14.6. The maximum Gasteiger partial charge on any atom is 0.0480 e. The molecule has 0 radical (unpaired) electrons. The summed E-state index contributed by atoms with van der Waals surface area (Å²) in [5.41, 5.74) is 2.87. The third-order valence-corrected chi connectivity index (χ3v) is 4.22. The van der Waals surface area contributed by atoms with E-state index in [4.69, 9.17) is 0 Å². The maximum atomic E-state index is 3.54. The minimum Gasteiger partial charge on any atom is -0.347 e. The van der Waals surface area contributed by atoms with Crippen molar-refractivity contribution in [1.29, 1.82) is 0 Å². The lowest BCUT2D eigenvalue weighted by atomic mass is 10.1. The number of hydrogen-bond donors (Lipinski definition) is 1. The van der Waals surface area contributed by atoms with Crippen LogP contribution in [0.2, 0.25) is 0 Å². The number of nitrogens with one attached hydrogen (secondary N) is 1. The number of thioether (sulfide) groups is 1. The average Bonchev–Trinajstić information content (AvgIpc) is 2.79. The van der Waals surface area contributed by atoms with Crippen LogP contribution >= 0.6 is 11.8 Å². The highest BCUT2D eigenvalue weighted by atomic mass is 32.2. The van der Waals surface area contributed by atoms with Gasteiger partial charge >= 0.3 is 0 Å². The number of rotatable bonds is 6. The van der Waals surface area contributed by atoms with E-state index in [2.05, 4.69) is 68.0 Å². The minimum absolute atomic E-state index is 0.165. The molecule has 0 spiro atoms. The van der Waals surface area contributed by atoms with Crippen molar-refractivity contribution < 1.29 is 0 Å². The van der Waals surface area contributed by atoms with Crippen LogP contribution in [-0.4, -0.2) is 21.6 Å². The molecular formula is C17H26N2S. The summed E-state index contributed by atoms with van der Waals surface area (Å²) in [7, 11) is 0. The van der Waals surface area contributed by atoms with Crippen LogP contribution in [0, 0.1) is 0 Å². The Bertz CT molecular complexity index is 552. The Kier molecular flexibility index (Phi) is 5.17. The first kappa shape index (κ1) is 15.5. The van der Waals surface area contributed by atoms with Crippen LogP contribution in [0.4, 0.5) is 0 Å². The number of nitrogens with zero attached hydrogens (tertiary/aromatic N) is 1. The fourth-order valence-electron chi connectivity index (χ4n) is 2.23. The third-order valence-electron chi connectivity index (χ3n) is 3.34. The molecule has 0 aliphatic heterocycles. The van der Waals surface area contributed by atoms with Crippen molar-refractivity contribution in [1.82, 2.24) is 9.88 Å². The molecule has 2 aromatic rings. The van der Waals surface area contributed by atoms with Crippen LogP contribution in [0.5, 0.6) is 0 Å². The summed E-state index contributed by atoms with van der Waals surface area (Å²) in [6.45, 7) is 10.8. The summed E-state index contributed by atoms with van der Waals surface area (Å²) >= 11 is 2.00. The zero-order valence-electron chi connectivity index (χ0n) is 13.1. The quantitative estimate of drug-likeness (QED) is 0.800. The molecule has 0 amide bonds. The van der Waals surface area contributed by atoms with E-state index in [0.717, 1.165) is 13.1 Å². The van der Waals surface area contributed by atoms with Gasteiger partial charge in [-0.25, -0.2) is 0 Å². The monoisotopic (exact) mass is 290 g/mol. The maximum absolute atomic E-state index is 3.54. The van der Waals surface area contributed by atoms with Crippen LogP contribution in [-0.2, 0) is 13.1 Å². The molecule has 1 N–H and O–H groups in total. The van der Waals surface area contributed by atoms with E-state index in [1.807, 2.05) is 11.8 Å². The molecule has 1 aromatic carbocycles. The van der Waals surface area contributed by atoms with Gasteiger partial charge in [0, 0.05) is 36.1 Å².